The van der Waals surface area contributed by atoms with E-state index in [0.29, 0.717) is 0 Å². The third-order valence-electron chi connectivity index (χ3n) is 4.59. The molecule has 4 N–H and O–H groups in total. The Balaban J connectivity index is 1.92. The second kappa shape index (κ2) is 6.02. The fourth-order valence-electron chi connectivity index (χ4n) is 3.38. The molecule has 2 aliphatic rings. The van der Waals surface area contributed by atoms with Gasteiger partial charge in [0.2, 0.25) is 5.91 Å². The third kappa shape index (κ3) is 3.23. The summed E-state index contributed by atoms with van der Waals surface area (Å²) in [5.74, 6) is 0.167. The molecule has 0 aromatic rings. The van der Waals surface area contributed by atoms with E-state index in [0.717, 1.165) is 51.4 Å². The molecule has 0 bridgehead atoms. The minimum Gasteiger partial charge on any atom is -0.394 e. The summed E-state index contributed by atoms with van der Waals surface area (Å²) in [6, 6.07) is 0.172. The molecule has 2 fully saturated rings. The predicted molar refractivity (Wildman–Crippen MR) is 71.0 cm³/mol. The standard InChI is InChI=1S/C14H26N2O2/c15-12-6-4-5-11(9-12)13(18)16-14(10-17)7-2-1-3-8-14/h11-12,17H,1-10,15H2,(H,16,18). The Morgan fingerprint density at radius 3 is 2.56 bits per heavy atom. The highest BCUT2D eigenvalue weighted by Crippen LogP contribution is 2.30. The second-order valence-corrected chi connectivity index (χ2v) is 6.11. The maximum atomic E-state index is 12.3. The third-order valence-corrected chi connectivity index (χ3v) is 4.59. The van der Waals surface area contributed by atoms with E-state index in [1.54, 1.807) is 0 Å². The summed E-state index contributed by atoms with van der Waals surface area (Å²) in [5.41, 5.74) is 5.58. The number of nitrogens with one attached hydrogen (secondary N) is 1. The van der Waals surface area contributed by atoms with Gasteiger partial charge in [0.15, 0.2) is 0 Å². The summed E-state index contributed by atoms with van der Waals surface area (Å²) in [7, 11) is 0. The van der Waals surface area contributed by atoms with Crippen molar-refractivity contribution >= 4 is 5.91 Å². The second-order valence-electron chi connectivity index (χ2n) is 6.11. The molecule has 0 radical (unpaired) electrons. The lowest BCUT2D eigenvalue weighted by Gasteiger charge is -2.38. The lowest BCUT2D eigenvalue weighted by atomic mass is 9.80. The largest absolute Gasteiger partial charge is 0.394 e. The van der Waals surface area contributed by atoms with Crippen LogP contribution in [0.1, 0.15) is 57.8 Å². The van der Waals surface area contributed by atoms with Crippen LogP contribution in [0.2, 0.25) is 0 Å². The van der Waals surface area contributed by atoms with Gasteiger partial charge in [0.1, 0.15) is 0 Å². The van der Waals surface area contributed by atoms with E-state index < -0.39 is 0 Å². The first-order valence-electron chi connectivity index (χ1n) is 7.34. The smallest absolute Gasteiger partial charge is 0.223 e. The zero-order valence-corrected chi connectivity index (χ0v) is 11.2. The van der Waals surface area contributed by atoms with Gasteiger partial charge in [-0.05, 0) is 32.1 Å². The van der Waals surface area contributed by atoms with Crippen LogP contribution in [-0.4, -0.2) is 29.2 Å². The topological polar surface area (TPSA) is 75.4 Å². The summed E-state index contributed by atoms with van der Waals surface area (Å²) in [4.78, 5) is 12.3. The average molecular weight is 254 g/mol. The first kappa shape index (κ1) is 13.8. The van der Waals surface area contributed by atoms with E-state index in [9.17, 15) is 9.90 Å². The summed E-state index contributed by atoms with van der Waals surface area (Å²) in [5, 5.41) is 12.7. The Morgan fingerprint density at radius 1 is 1.22 bits per heavy atom. The van der Waals surface area contributed by atoms with Gasteiger partial charge >= 0.3 is 0 Å². The summed E-state index contributed by atoms with van der Waals surface area (Å²) < 4.78 is 0. The lowest BCUT2D eigenvalue weighted by molar-refractivity contribution is -0.129. The molecule has 2 aliphatic carbocycles. The van der Waals surface area contributed by atoms with Gasteiger partial charge in [0.05, 0.1) is 12.1 Å². The van der Waals surface area contributed by atoms with E-state index in [-0.39, 0.29) is 30.0 Å². The molecule has 0 saturated heterocycles. The Morgan fingerprint density at radius 2 is 1.94 bits per heavy atom. The van der Waals surface area contributed by atoms with Gasteiger partial charge in [0, 0.05) is 12.0 Å². The quantitative estimate of drug-likeness (QED) is 0.711. The molecule has 0 heterocycles. The molecular formula is C14H26N2O2. The predicted octanol–water partition coefficient (Wildman–Crippen LogP) is 1.32. The number of rotatable bonds is 3. The van der Waals surface area contributed by atoms with Crippen molar-refractivity contribution in [2.24, 2.45) is 11.7 Å². The van der Waals surface area contributed by atoms with E-state index in [4.69, 9.17) is 5.73 Å². The van der Waals surface area contributed by atoms with Crippen LogP contribution in [0.25, 0.3) is 0 Å². The molecule has 4 nitrogen and oxygen atoms in total. The Bertz CT molecular complexity index is 288. The van der Waals surface area contributed by atoms with Gasteiger partial charge in [-0.1, -0.05) is 25.7 Å². The molecule has 2 atom stereocenters. The van der Waals surface area contributed by atoms with Crippen LogP contribution in [0.15, 0.2) is 0 Å². The summed E-state index contributed by atoms with van der Waals surface area (Å²) in [6.45, 7) is 0.0670. The molecule has 0 aliphatic heterocycles. The summed E-state index contributed by atoms with van der Waals surface area (Å²) >= 11 is 0. The Hall–Kier alpha value is -0.610. The Kier molecular flexibility index (Phi) is 4.62. The van der Waals surface area contributed by atoms with Crippen LogP contribution in [0, 0.1) is 5.92 Å². The van der Waals surface area contributed by atoms with Crippen molar-refractivity contribution in [2.75, 3.05) is 6.61 Å². The van der Waals surface area contributed by atoms with Gasteiger partial charge in [0.25, 0.3) is 0 Å². The molecule has 4 heteroatoms. The highest BCUT2D eigenvalue weighted by molar-refractivity contribution is 5.79. The number of aliphatic hydroxyl groups excluding tert-OH is 1. The van der Waals surface area contributed by atoms with E-state index in [1.165, 1.54) is 6.42 Å². The van der Waals surface area contributed by atoms with Crippen molar-refractivity contribution < 1.29 is 9.90 Å². The first-order valence-corrected chi connectivity index (χ1v) is 7.34. The number of hydrogen-bond acceptors (Lipinski definition) is 3. The van der Waals surface area contributed by atoms with Crippen molar-refractivity contribution in [3.63, 3.8) is 0 Å². The van der Waals surface area contributed by atoms with Crippen LogP contribution >= 0.6 is 0 Å². The number of carbonyl (C=O) groups excluding carboxylic acids is 1. The zero-order valence-electron chi connectivity index (χ0n) is 11.2. The maximum Gasteiger partial charge on any atom is 0.223 e. The molecule has 2 rings (SSSR count). The molecule has 2 saturated carbocycles. The van der Waals surface area contributed by atoms with Gasteiger partial charge in [-0.15, -0.1) is 0 Å². The number of aliphatic hydroxyl groups is 1. The van der Waals surface area contributed by atoms with Gasteiger partial charge in [-0.2, -0.15) is 0 Å². The van der Waals surface area contributed by atoms with Crippen molar-refractivity contribution in [2.45, 2.75) is 69.4 Å². The molecule has 2 unspecified atom stereocenters. The number of nitrogens with two attached hydrogens (primary N) is 1. The molecule has 18 heavy (non-hydrogen) atoms. The van der Waals surface area contributed by atoms with Crippen molar-refractivity contribution in [3.8, 4) is 0 Å². The fourth-order valence-corrected chi connectivity index (χ4v) is 3.38. The van der Waals surface area contributed by atoms with Crippen molar-refractivity contribution in [1.29, 1.82) is 0 Å². The van der Waals surface area contributed by atoms with Crippen LogP contribution in [0.4, 0.5) is 0 Å². The fraction of sp³-hybridized carbons (Fsp3) is 0.929. The first-order chi connectivity index (χ1) is 8.65. The molecule has 1 amide bonds. The van der Waals surface area contributed by atoms with E-state index >= 15 is 0 Å². The lowest BCUT2D eigenvalue weighted by Crippen LogP contribution is -2.54. The maximum absolute atomic E-state index is 12.3. The zero-order chi connectivity index (χ0) is 13.0. The molecular weight excluding hydrogens is 228 g/mol. The van der Waals surface area contributed by atoms with Crippen molar-refractivity contribution in [1.82, 2.24) is 5.32 Å². The Labute approximate surface area is 109 Å². The van der Waals surface area contributed by atoms with E-state index in [2.05, 4.69) is 5.32 Å². The minimum atomic E-state index is -0.350. The number of hydrogen-bond donors (Lipinski definition) is 3. The summed E-state index contributed by atoms with van der Waals surface area (Å²) in [6.07, 6.45) is 9.07. The van der Waals surface area contributed by atoms with Crippen LogP contribution in [0.5, 0.6) is 0 Å². The normalized spacial score (nSPS) is 31.9. The minimum absolute atomic E-state index is 0.0547. The van der Waals surface area contributed by atoms with Crippen LogP contribution in [0.3, 0.4) is 0 Å². The van der Waals surface area contributed by atoms with Gasteiger partial charge in [-0.25, -0.2) is 0 Å². The number of amides is 1. The van der Waals surface area contributed by atoms with Crippen molar-refractivity contribution in [3.05, 3.63) is 0 Å². The molecule has 0 aromatic carbocycles. The molecule has 0 aromatic heterocycles. The van der Waals surface area contributed by atoms with Gasteiger partial charge in [-0.3, -0.25) is 4.79 Å². The van der Waals surface area contributed by atoms with Crippen LogP contribution in [-0.2, 0) is 4.79 Å². The van der Waals surface area contributed by atoms with Gasteiger partial charge < -0.3 is 16.2 Å². The average Bonchev–Trinajstić information content (AvgIpc) is 2.40. The number of carbonyl (C=O) groups is 1. The molecule has 104 valence electrons. The highest BCUT2D eigenvalue weighted by atomic mass is 16.3. The van der Waals surface area contributed by atoms with Crippen LogP contribution < -0.4 is 11.1 Å². The SMILES string of the molecule is NC1CCCC(C(=O)NC2(CO)CCCCC2)C1. The molecule has 0 spiro atoms. The highest BCUT2D eigenvalue weighted by Gasteiger charge is 2.35. The monoisotopic (exact) mass is 254 g/mol. The van der Waals surface area contributed by atoms with E-state index in [1.807, 2.05) is 0 Å².